The van der Waals surface area contributed by atoms with Gasteiger partial charge in [0, 0.05) is 35.8 Å². The van der Waals surface area contributed by atoms with Crippen LogP contribution in [0, 0.1) is 0 Å². The Kier molecular flexibility index (Phi) is 9.22. The van der Waals surface area contributed by atoms with Gasteiger partial charge >= 0.3 is 0 Å². The van der Waals surface area contributed by atoms with Gasteiger partial charge in [-0.15, -0.1) is 0 Å². The van der Waals surface area contributed by atoms with Crippen molar-refractivity contribution >= 4 is 33.7 Å². The van der Waals surface area contributed by atoms with Crippen LogP contribution in [-0.4, -0.2) is 42.6 Å². The third-order valence-electron chi connectivity index (χ3n) is 3.22. The van der Waals surface area contributed by atoms with Crippen LogP contribution >= 0.6 is 27.7 Å². The topological polar surface area (TPSA) is 58.5 Å². The number of nitrogens with zero attached hydrogens (tertiary/aromatic N) is 2. The highest BCUT2D eigenvalue weighted by Crippen LogP contribution is 2.17. The molecule has 2 aromatic rings. The quantitative estimate of drug-likeness (QED) is 0.368. The van der Waals surface area contributed by atoms with Crippen molar-refractivity contribution in [3.63, 3.8) is 0 Å². The lowest BCUT2D eigenvalue weighted by Crippen LogP contribution is -2.38. The molecule has 0 aliphatic heterocycles. The molecular formula is C18H23BrN4OS. The normalized spacial score (nSPS) is 11.2. The summed E-state index contributed by atoms with van der Waals surface area (Å²) in [6.07, 6.45) is 1.79. The second-order valence-electron chi connectivity index (χ2n) is 5.09. The Morgan fingerprint density at radius 3 is 2.88 bits per heavy atom. The number of benzene rings is 1. The summed E-state index contributed by atoms with van der Waals surface area (Å²) in [5.74, 6) is 3.63. The number of aromatic nitrogens is 1. The maximum atomic E-state index is 5.71. The van der Waals surface area contributed by atoms with E-state index in [1.165, 1.54) is 0 Å². The minimum absolute atomic E-state index is 0.661. The Balaban J connectivity index is 1.52. The fraction of sp³-hybridized carbons (Fsp3) is 0.333. The molecule has 7 heteroatoms. The first-order valence-corrected chi connectivity index (χ1v) is 10.0. The van der Waals surface area contributed by atoms with Gasteiger partial charge in [-0.2, -0.15) is 11.8 Å². The molecule has 25 heavy (non-hydrogen) atoms. The zero-order chi connectivity index (χ0) is 17.7. The lowest BCUT2D eigenvalue weighted by molar-refractivity contribution is 0.344. The number of aliphatic imine (C=N–C) groups is 1. The second kappa shape index (κ2) is 11.8. The monoisotopic (exact) mass is 422 g/mol. The van der Waals surface area contributed by atoms with Crippen molar-refractivity contribution in [3.05, 3.63) is 58.8 Å². The standard InChI is InChI=1S/C18H23BrN4OS/c1-20-18(23-14-16-6-2-3-8-21-16)22-9-11-25-12-10-24-17-7-4-5-15(19)13-17/h2-8,13H,9-12,14H2,1H3,(H2,20,22,23). The molecule has 0 unspecified atom stereocenters. The van der Waals surface area contributed by atoms with Crippen LogP contribution in [0.1, 0.15) is 5.69 Å². The predicted molar refractivity (Wildman–Crippen MR) is 109 cm³/mol. The highest BCUT2D eigenvalue weighted by Gasteiger charge is 1.99. The van der Waals surface area contributed by atoms with Crippen molar-refractivity contribution in [1.29, 1.82) is 0 Å². The van der Waals surface area contributed by atoms with E-state index in [2.05, 4.69) is 36.5 Å². The molecule has 0 bridgehead atoms. The van der Waals surface area contributed by atoms with Gasteiger partial charge in [0.1, 0.15) is 5.75 Å². The van der Waals surface area contributed by atoms with Crippen LogP contribution in [0.4, 0.5) is 0 Å². The summed E-state index contributed by atoms with van der Waals surface area (Å²) in [7, 11) is 1.77. The molecule has 0 atom stereocenters. The largest absolute Gasteiger partial charge is 0.493 e. The van der Waals surface area contributed by atoms with Crippen LogP contribution in [0.5, 0.6) is 5.75 Å². The number of hydrogen-bond acceptors (Lipinski definition) is 4. The Morgan fingerprint density at radius 1 is 1.20 bits per heavy atom. The van der Waals surface area contributed by atoms with Crippen molar-refractivity contribution in [3.8, 4) is 5.75 Å². The van der Waals surface area contributed by atoms with Gasteiger partial charge in [0.15, 0.2) is 5.96 Å². The fourth-order valence-electron chi connectivity index (χ4n) is 2.02. The van der Waals surface area contributed by atoms with Crippen LogP contribution in [0.3, 0.4) is 0 Å². The van der Waals surface area contributed by atoms with Crippen LogP contribution in [-0.2, 0) is 6.54 Å². The fourth-order valence-corrected chi connectivity index (χ4v) is 3.05. The van der Waals surface area contributed by atoms with Gasteiger partial charge in [-0.25, -0.2) is 0 Å². The summed E-state index contributed by atoms with van der Waals surface area (Å²) in [5, 5.41) is 6.55. The lowest BCUT2D eigenvalue weighted by atomic mass is 10.3. The van der Waals surface area contributed by atoms with Crippen LogP contribution in [0.25, 0.3) is 0 Å². The number of guanidine groups is 1. The van der Waals surface area contributed by atoms with E-state index < -0.39 is 0 Å². The van der Waals surface area contributed by atoms with E-state index in [-0.39, 0.29) is 0 Å². The third kappa shape index (κ3) is 8.27. The molecular weight excluding hydrogens is 400 g/mol. The van der Waals surface area contributed by atoms with Crippen molar-refractivity contribution in [2.45, 2.75) is 6.54 Å². The smallest absolute Gasteiger partial charge is 0.191 e. The van der Waals surface area contributed by atoms with Gasteiger partial charge in [0.2, 0.25) is 0 Å². The van der Waals surface area contributed by atoms with Crippen LogP contribution < -0.4 is 15.4 Å². The van der Waals surface area contributed by atoms with E-state index in [1.54, 1.807) is 13.2 Å². The first-order chi connectivity index (χ1) is 12.3. The molecule has 0 saturated heterocycles. The highest BCUT2D eigenvalue weighted by atomic mass is 79.9. The van der Waals surface area contributed by atoms with E-state index in [0.29, 0.717) is 13.2 Å². The molecule has 0 fully saturated rings. The molecule has 0 aliphatic rings. The zero-order valence-electron chi connectivity index (χ0n) is 14.2. The van der Waals surface area contributed by atoms with Crippen molar-refractivity contribution in [2.75, 3.05) is 31.7 Å². The lowest BCUT2D eigenvalue weighted by Gasteiger charge is -2.11. The average molecular weight is 423 g/mol. The first kappa shape index (κ1) is 19.6. The molecule has 1 aromatic carbocycles. The Hall–Kier alpha value is -1.73. The van der Waals surface area contributed by atoms with Crippen molar-refractivity contribution in [2.24, 2.45) is 4.99 Å². The van der Waals surface area contributed by atoms with E-state index in [9.17, 15) is 0 Å². The molecule has 0 saturated carbocycles. The molecule has 0 radical (unpaired) electrons. The number of pyridine rings is 1. The Bertz CT molecular complexity index is 655. The predicted octanol–water partition coefficient (Wildman–Crippen LogP) is 3.32. The summed E-state index contributed by atoms with van der Waals surface area (Å²) in [6.45, 7) is 2.21. The van der Waals surface area contributed by atoms with Crippen molar-refractivity contribution in [1.82, 2.24) is 15.6 Å². The molecule has 0 aliphatic carbocycles. The van der Waals surface area contributed by atoms with Gasteiger partial charge < -0.3 is 15.4 Å². The Morgan fingerprint density at radius 2 is 2.12 bits per heavy atom. The molecule has 1 aromatic heterocycles. The molecule has 2 N–H and O–H groups in total. The second-order valence-corrected chi connectivity index (χ2v) is 7.23. The number of ether oxygens (including phenoxy) is 1. The number of halogens is 1. The third-order valence-corrected chi connectivity index (χ3v) is 4.66. The first-order valence-electron chi connectivity index (χ1n) is 8.08. The zero-order valence-corrected chi connectivity index (χ0v) is 16.6. The summed E-state index contributed by atoms with van der Waals surface area (Å²) < 4.78 is 6.74. The maximum absolute atomic E-state index is 5.71. The van der Waals surface area contributed by atoms with E-state index in [1.807, 2.05) is 54.2 Å². The minimum atomic E-state index is 0.661. The molecule has 134 valence electrons. The van der Waals surface area contributed by atoms with Crippen LogP contribution in [0.15, 0.2) is 58.1 Å². The summed E-state index contributed by atoms with van der Waals surface area (Å²) in [6, 6.07) is 13.8. The molecule has 5 nitrogen and oxygen atoms in total. The Labute approximate surface area is 161 Å². The summed E-state index contributed by atoms with van der Waals surface area (Å²) >= 11 is 5.29. The summed E-state index contributed by atoms with van der Waals surface area (Å²) in [4.78, 5) is 8.49. The molecule has 0 spiro atoms. The maximum Gasteiger partial charge on any atom is 0.191 e. The minimum Gasteiger partial charge on any atom is -0.493 e. The van der Waals surface area contributed by atoms with Crippen LogP contribution in [0.2, 0.25) is 0 Å². The average Bonchev–Trinajstić information content (AvgIpc) is 2.64. The number of hydrogen-bond donors (Lipinski definition) is 2. The summed E-state index contributed by atoms with van der Waals surface area (Å²) in [5.41, 5.74) is 0.990. The van der Waals surface area contributed by atoms with Gasteiger partial charge in [-0.05, 0) is 30.3 Å². The molecule has 1 heterocycles. The SMILES string of the molecule is CN=C(NCCSCCOc1cccc(Br)c1)NCc1ccccn1. The highest BCUT2D eigenvalue weighted by molar-refractivity contribution is 9.10. The van der Waals surface area contributed by atoms with E-state index >= 15 is 0 Å². The molecule has 2 rings (SSSR count). The number of thioether (sulfide) groups is 1. The van der Waals surface area contributed by atoms with E-state index in [4.69, 9.17) is 4.74 Å². The van der Waals surface area contributed by atoms with E-state index in [0.717, 1.165) is 39.9 Å². The number of rotatable bonds is 9. The van der Waals surface area contributed by atoms with Crippen molar-refractivity contribution < 1.29 is 4.74 Å². The number of nitrogens with one attached hydrogen (secondary N) is 2. The van der Waals surface area contributed by atoms with Gasteiger partial charge in [0.05, 0.1) is 18.8 Å². The van der Waals surface area contributed by atoms with Gasteiger partial charge in [0.25, 0.3) is 0 Å². The van der Waals surface area contributed by atoms with Gasteiger partial charge in [-0.1, -0.05) is 28.1 Å². The van der Waals surface area contributed by atoms with Gasteiger partial charge in [-0.3, -0.25) is 9.98 Å². The molecule has 0 amide bonds.